The van der Waals surface area contributed by atoms with E-state index in [4.69, 9.17) is 9.47 Å². The summed E-state index contributed by atoms with van der Waals surface area (Å²) >= 11 is 0. The molecule has 8 heteroatoms. The Morgan fingerprint density at radius 1 is 0.806 bits per heavy atom. The van der Waals surface area contributed by atoms with Crippen LogP contribution in [0.3, 0.4) is 0 Å². The zero-order valence-corrected chi connectivity index (χ0v) is 20.0. The molecular weight excluding hydrogens is 404 g/mol. The number of hydrogen-bond donors (Lipinski definition) is 2. The molecule has 8 nitrogen and oxygen atoms in total. The maximum atomic E-state index is 13.4. The highest BCUT2D eigenvalue weighted by molar-refractivity contribution is 5.96. The molecule has 0 amide bonds. The predicted octanol–water partition coefficient (Wildman–Crippen LogP) is 4.30. The van der Waals surface area contributed by atoms with Crippen LogP contribution in [-0.4, -0.2) is 46.3 Å². The van der Waals surface area contributed by atoms with Crippen LogP contribution in [0.2, 0.25) is 0 Å². The van der Waals surface area contributed by atoms with Gasteiger partial charge in [0, 0.05) is 13.5 Å². The third-order valence-electron chi connectivity index (χ3n) is 5.49. The molecule has 0 spiro atoms. The van der Waals surface area contributed by atoms with Gasteiger partial charge in [-0.3, -0.25) is 14.4 Å². The summed E-state index contributed by atoms with van der Waals surface area (Å²) in [6.07, 6.45) is 0.514. The monoisotopic (exact) mass is 444 g/mol. The lowest BCUT2D eigenvalue weighted by molar-refractivity contribution is -0.211. The van der Waals surface area contributed by atoms with Crippen molar-refractivity contribution in [3.63, 3.8) is 0 Å². The van der Waals surface area contributed by atoms with Crippen molar-refractivity contribution < 1.29 is 38.9 Å². The molecule has 2 N–H and O–H groups in total. The second-order valence-electron chi connectivity index (χ2n) is 9.56. The van der Waals surface area contributed by atoms with Gasteiger partial charge in [-0.25, -0.2) is 4.79 Å². The van der Waals surface area contributed by atoms with Gasteiger partial charge in [-0.05, 0) is 49.9 Å². The summed E-state index contributed by atoms with van der Waals surface area (Å²) in [6.45, 7) is 12.6. The summed E-state index contributed by atoms with van der Waals surface area (Å²) in [7, 11) is 0. The van der Waals surface area contributed by atoms with Crippen molar-refractivity contribution in [3.8, 4) is 0 Å². The molecule has 31 heavy (non-hydrogen) atoms. The molecule has 0 aliphatic rings. The van der Waals surface area contributed by atoms with E-state index in [1.165, 1.54) is 0 Å². The molecule has 0 aromatic rings. The summed E-state index contributed by atoms with van der Waals surface area (Å²) < 4.78 is 10.8. The second kappa shape index (κ2) is 12.8. The standard InChI is InChI=1S/C23H40O8/c1-15(2)8-11-22(12-9-16(3)4,21(29)31-18(7)24)23(20(27)28,14-19(25)26)30-13-10-17(5)6/h15-17H,8-14H2,1-7H3,(H,25,26)(H,27,28). The normalized spacial score (nSPS) is 14.0. The molecule has 1 unspecified atom stereocenters. The Bertz CT molecular complexity index is 611. The first kappa shape index (κ1) is 29.0. The zero-order valence-electron chi connectivity index (χ0n) is 20.0. The van der Waals surface area contributed by atoms with Gasteiger partial charge in [0.05, 0.1) is 6.42 Å². The molecule has 180 valence electrons. The van der Waals surface area contributed by atoms with E-state index in [1.54, 1.807) is 0 Å². The second-order valence-corrected chi connectivity index (χ2v) is 9.56. The fraction of sp³-hybridized carbons (Fsp3) is 0.826. The molecule has 0 heterocycles. The van der Waals surface area contributed by atoms with Crippen molar-refractivity contribution in [1.29, 1.82) is 0 Å². The topological polar surface area (TPSA) is 127 Å². The molecule has 0 fully saturated rings. The van der Waals surface area contributed by atoms with Crippen molar-refractivity contribution in [1.82, 2.24) is 0 Å². The molecule has 0 radical (unpaired) electrons. The number of carbonyl (C=O) groups is 4. The average molecular weight is 445 g/mol. The molecule has 0 bridgehead atoms. The molecule has 0 saturated heterocycles. The van der Waals surface area contributed by atoms with E-state index < -0.39 is 41.3 Å². The maximum absolute atomic E-state index is 13.4. The highest BCUT2D eigenvalue weighted by atomic mass is 16.6. The van der Waals surface area contributed by atoms with Crippen LogP contribution < -0.4 is 0 Å². The van der Waals surface area contributed by atoms with Gasteiger partial charge in [-0.1, -0.05) is 41.5 Å². The Balaban J connectivity index is 6.81. The molecule has 0 aromatic carbocycles. The number of ether oxygens (including phenoxy) is 2. The van der Waals surface area contributed by atoms with Crippen LogP contribution in [0.25, 0.3) is 0 Å². The Labute approximate surface area is 185 Å². The van der Waals surface area contributed by atoms with Crippen molar-refractivity contribution >= 4 is 23.9 Å². The SMILES string of the molecule is CC(=O)OC(=O)C(CCC(C)C)(CCC(C)C)C(CC(=O)O)(OCCC(C)C)C(=O)O. The number of carboxylic acid groups (broad SMARTS) is 2. The van der Waals surface area contributed by atoms with E-state index in [-0.39, 0.29) is 37.2 Å². The fourth-order valence-corrected chi connectivity index (χ4v) is 3.58. The summed E-state index contributed by atoms with van der Waals surface area (Å²) in [5.41, 5.74) is -4.18. The van der Waals surface area contributed by atoms with Gasteiger partial charge in [0.15, 0.2) is 5.60 Å². The molecular formula is C23H40O8. The van der Waals surface area contributed by atoms with E-state index in [9.17, 15) is 29.4 Å². The van der Waals surface area contributed by atoms with E-state index in [0.717, 1.165) is 6.92 Å². The predicted molar refractivity (Wildman–Crippen MR) is 115 cm³/mol. The van der Waals surface area contributed by atoms with E-state index >= 15 is 0 Å². The third-order valence-corrected chi connectivity index (χ3v) is 5.49. The van der Waals surface area contributed by atoms with Crippen LogP contribution in [0.4, 0.5) is 0 Å². The van der Waals surface area contributed by atoms with Crippen molar-refractivity contribution in [2.75, 3.05) is 6.61 Å². The van der Waals surface area contributed by atoms with Gasteiger partial charge >= 0.3 is 23.9 Å². The Morgan fingerprint density at radius 3 is 1.58 bits per heavy atom. The van der Waals surface area contributed by atoms with E-state index in [0.29, 0.717) is 19.3 Å². The first-order chi connectivity index (χ1) is 14.2. The van der Waals surface area contributed by atoms with Crippen molar-refractivity contribution in [2.24, 2.45) is 23.2 Å². The third kappa shape index (κ3) is 8.59. The van der Waals surface area contributed by atoms with Crippen LogP contribution in [-0.2, 0) is 28.7 Å². The Morgan fingerprint density at radius 2 is 1.26 bits per heavy atom. The van der Waals surface area contributed by atoms with Crippen LogP contribution in [0, 0.1) is 23.2 Å². The molecule has 1 atom stereocenters. The van der Waals surface area contributed by atoms with Gasteiger partial charge in [0.25, 0.3) is 0 Å². The minimum Gasteiger partial charge on any atom is -0.481 e. The summed E-state index contributed by atoms with van der Waals surface area (Å²) in [4.78, 5) is 49.5. The maximum Gasteiger partial charge on any atom is 0.337 e. The zero-order chi connectivity index (χ0) is 24.4. The highest BCUT2D eigenvalue weighted by Crippen LogP contribution is 2.48. The summed E-state index contributed by atoms with van der Waals surface area (Å²) in [5.74, 6) is -4.45. The van der Waals surface area contributed by atoms with Crippen LogP contribution in [0.1, 0.15) is 87.0 Å². The van der Waals surface area contributed by atoms with Gasteiger partial charge in [-0.2, -0.15) is 0 Å². The smallest absolute Gasteiger partial charge is 0.337 e. The highest BCUT2D eigenvalue weighted by Gasteiger charge is 2.64. The van der Waals surface area contributed by atoms with Crippen molar-refractivity contribution in [3.05, 3.63) is 0 Å². The average Bonchev–Trinajstić information content (AvgIpc) is 2.59. The Kier molecular flexibility index (Phi) is 12.0. The van der Waals surface area contributed by atoms with Gasteiger partial charge < -0.3 is 19.7 Å². The molecule has 0 aliphatic heterocycles. The molecule has 0 rings (SSSR count). The van der Waals surface area contributed by atoms with Crippen LogP contribution in [0.15, 0.2) is 0 Å². The summed E-state index contributed by atoms with van der Waals surface area (Å²) in [5, 5.41) is 19.9. The number of hydrogen-bond acceptors (Lipinski definition) is 6. The number of esters is 2. The molecule has 0 saturated carbocycles. The minimum absolute atomic E-state index is 0.0320. The lowest BCUT2D eigenvalue weighted by Crippen LogP contribution is -2.62. The number of rotatable bonds is 15. The largest absolute Gasteiger partial charge is 0.481 e. The van der Waals surface area contributed by atoms with E-state index in [1.807, 2.05) is 41.5 Å². The number of carboxylic acids is 2. The van der Waals surface area contributed by atoms with Crippen LogP contribution in [0.5, 0.6) is 0 Å². The molecule has 0 aromatic heterocycles. The molecule has 0 aliphatic carbocycles. The lowest BCUT2D eigenvalue weighted by Gasteiger charge is -2.45. The quantitative estimate of drug-likeness (QED) is 0.283. The fourth-order valence-electron chi connectivity index (χ4n) is 3.58. The van der Waals surface area contributed by atoms with Crippen LogP contribution >= 0.6 is 0 Å². The van der Waals surface area contributed by atoms with E-state index in [2.05, 4.69) is 0 Å². The minimum atomic E-state index is -2.36. The first-order valence-electron chi connectivity index (χ1n) is 11.0. The van der Waals surface area contributed by atoms with Crippen molar-refractivity contribution in [2.45, 2.75) is 92.6 Å². The summed E-state index contributed by atoms with van der Waals surface area (Å²) in [6, 6.07) is 0. The first-order valence-corrected chi connectivity index (χ1v) is 11.0. The number of aliphatic carboxylic acids is 2. The lowest BCUT2D eigenvalue weighted by atomic mass is 9.63. The van der Waals surface area contributed by atoms with Gasteiger partial charge in [-0.15, -0.1) is 0 Å². The van der Waals surface area contributed by atoms with Gasteiger partial charge in [0.1, 0.15) is 5.41 Å². The Hall–Kier alpha value is -1.96. The number of carbonyl (C=O) groups excluding carboxylic acids is 2. The van der Waals surface area contributed by atoms with Gasteiger partial charge in [0.2, 0.25) is 0 Å².